The van der Waals surface area contributed by atoms with Crippen LogP contribution >= 0.6 is 0 Å². The number of nitrogens with zero attached hydrogens (tertiary/aromatic N) is 6. The van der Waals surface area contributed by atoms with Crippen molar-refractivity contribution < 1.29 is 4.74 Å². The predicted octanol–water partition coefficient (Wildman–Crippen LogP) is 4.33. The van der Waals surface area contributed by atoms with Gasteiger partial charge in [-0.15, -0.1) is 0 Å². The first-order valence-electron chi connectivity index (χ1n) is 13.0. The van der Waals surface area contributed by atoms with Crippen LogP contribution in [0.15, 0.2) is 41.3 Å². The van der Waals surface area contributed by atoms with Crippen molar-refractivity contribution in [3.8, 4) is 11.8 Å². The Bertz CT molecular complexity index is 1290. The number of ether oxygens (including phenoxy) is 1. The van der Waals surface area contributed by atoms with Crippen molar-refractivity contribution in [3.05, 3.63) is 58.1 Å². The lowest BCUT2D eigenvalue weighted by Gasteiger charge is -2.49. The molecule has 1 aromatic carbocycles. The molecule has 0 bridgehead atoms. The summed E-state index contributed by atoms with van der Waals surface area (Å²) in [6.07, 6.45) is 4.13. The van der Waals surface area contributed by atoms with E-state index in [1.807, 2.05) is 13.8 Å². The van der Waals surface area contributed by atoms with E-state index < -0.39 is 0 Å². The molecule has 0 aliphatic carbocycles. The van der Waals surface area contributed by atoms with Gasteiger partial charge in [0.25, 0.3) is 5.56 Å². The van der Waals surface area contributed by atoms with E-state index in [0.717, 1.165) is 43.0 Å². The number of rotatable bonds is 8. The molecule has 1 aliphatic heterocycles. The molecule has 3 heterocycles. The van der Waals surface area contributed by atoms with Gasteiger partial charge >= 0.3 is 0 Å². The molecule has 8 heteroatoms. The van der Waals surface area contributed by atoms with Gasteiger partial charge in [0, 0.05) is 44.3 Å². The maximum atomic E-state index is 12.9. The van der Waals surface area contributed by atoms with Gasteiger partial charge < -0.3 is 9.64 Å². The highest BCUT2D eigenvalue weighted by atomic mass is 16.5. The highest BCUT2D eigenvalue weighted by molar-refractivity contribution is 5.69. The van der Waals surface area contributed by atoms with Crippen LogP contribution in [-0.4, -0.2) is 50.4 Å². The third kappa shape index (κ3) is 4.98. The Labute approximate surface area is 213 Å². The zero-order valence-corrected chi connectivity index (χ0v) is 22.3. The summed E-state index contributed by atoms with van der Waals surface area (Å²) in [5.41, 5.74) is 3.46. The van der Waals surface area contributed by atoms with Crippen LogP contribution in [0.1, 0.15) is 64.8 Å². The number of aromatic nitrogens is 3. The van der Waals surface area contributed by atoms with Crippen LogP contribution in [0, 0.1) is 11.3 Å². The van der Waals surface area contributed by atoms with Gasteiger partial charge in [0.2, 0.25) is 0 Å². The minimum Gasteiger partial charge on any atom is -0.491 e. The van der Waals surface area contributed by atoms with Crippen LogP contribution in [-0.2, 0) is 13.5 Å². The number of benzene rings is 1. The molecule has 0 spiro atoms. The SMILES string of the molecule is CC[C@H]1CN(C(C)c2ccc(OC(C)C)cc2)[C@H](CC)CN1c1cc(=O)n(C)n2cc(CC#N)nc12. The molecule has 1 fully saturated rings. The molecule has 3 atom stereocenters. The van der Waals surface area contributed by atoms with Gasteiger partial charge in [-0.1, -0.05) is 26.0 Å². The number of piperazine rings is 1. The Morgan fingerprint density at radius 1 is 1.11 bits per heavy atom. The van der Waals surface area contributed by atoms with Crippen LogP contribution in [0.25, 0.3) is 5.65 Å². The lowest BCUT2D eigenvalue weighted by Crippen LogP contribution is -2.59. The van der Waals surface area contributed by atoms with Gasteiger partial charge in [-0.3, -0.25) is 9.69 Å². The number of hydrogen-bond donors (Lipinski definition) is 0. The molecule has 192 valence electrons. The number of nitriles is 1. The third-order valence-electron chi connectivity index (χ3n) is 7.35. The molecule has 0 amide bonds. The van der Waals surface area contributed by atoms with E-state index in [0.29, 0.717) is 11.7 Å². The summed E-state index contributed by atoms with van der Waals surface area (Å²) in [7, 11) is 1.74. The van der Waals surface area contributed by atoms with Gasteiger partial charge in [-0.2, -0.15) is 5.26 Å². The second kappa shape index (κ2) is 10.8. The zero-order valence-electron chi connectivity index (χ0n) is 22.3. The second-order valence-corrected chi connectivity index (χ2v) is 10.0. The molecule has 0 radical (unpaired) electrons. The summed E-state index contributed by atoms with van der Waals surface area (Å²) in [4.78, 5) is 22.6. The standard InChI is InChI=1S/C28H38N6O2/c1-7-23-18-33(26-15-27(35)31(6)34-16-22(13-14-29)30-28(26)34)24(8-2)17-32(23)20(5)21-9-11-25(12-10-21)36-19(3)4/h9-12,15-16,19-20,23-24H,7-8,13,17-18H2,1-6H3/t20?,23-,24+/m1/s1. The Kier molecular flexibility index (Phi) is 7.70. The Morgan fingerprint density at radius 3 is 2.42 bits per heavy atom. The molecule has 3 aromatic rings. The van der Waals surface area contributed by atoms with Crippen molar-refractivity contribution in [2.24, 2.45) is 7.05 Å². The van der Waals surface area contributed by atoms with Gasteiger partial charge in [-0.25, -0.2) is 14.2 Å². The van der Waals surface area contributed by atoms with E-state index in [1.165, 1.54) is 5.56 Å². The lowest BCUT2D eigenvalue weighted by molar-refractivity contribution is 0.101. The van der Waals surface area contributed by atoms with Gasteiger partial charge in [0.15, 0.2) is 5.65 Å². The van der Waals surface area contributed by atoms with Gasteiger partial charge in [0.05, 0.1) is 36.2 Å². The van der Waals surface area contributed by atoms with E-state index in [4.69, 9.17) is 9.72 Å². The van der Waals surface area contributed by atoms with Crippen LogP contribution in [0.4, 0.5) is 5.69 Å². The first-order chi connectivity index (χ1) is 17.3. The Hall–Kier alpha value is -3.31. The zero-order chi connectivity index (χ0) is 26.0. The first kappa shape index (κ1) is 25.8. The average molecular weight is 491 g/mol. The van der Waals surface area contributed by atoms with E-state index in [-0.39, 0.29) is 30.2 Å². The van der Waals surface area contributed by atoms with Crippen LogP contribution < -0.4 is 15.2 Å². The minimum absolute atomic E-state index is 0.0826. The van der Waals surface area contributed by atoms with E-state index in [2.05, 4.69) is 60.9 Å². The smallest absolute Gasteiger partial charge is 0.267 e. The molecule has 0 saturated carbocycles. The Morgan fingerprint density at radius 2 is 1.81 bits per heavy atom. The van der Waals surface area contributed by atoms with Crippen molar-refractivity contribution in [2.45, 2.75) is 78.1 Å². The van der Waals surface area contributed by atoms with Crippen molar-refractivity contribution in [2.75, 3.05) is 18.0 Å². The van der Waals surface area contributed by atoms with Crippen molar-refractivity contribution >= 4 is 11.3 Å². The molecule has 2 aromatic heterocycles. The topological polar surface area (TPSA) is 78.8 Å². The van der Waals surface area contributed by atoms with E-state index in [9.17, 15) is 10.1 Å². The summed E-state index contributed by atoms with van der Waals surface area (Å²) >= 11 is 0. The quantitative estimate of drug-likeness (QED) is 0.468. The summed E-state index contributed by atoms with van der Waals surface area (Å²) in [5.74, 6) is 0.898. The first-order valence-corrected chi connectivity index (χ1v) is 13.0. The van der Waals surface area contributed by atoms with Crippen LogP contribution in [0.3, 0.4) is 0 Å². The summed E-state index contributed by atoms with van der Waals surface area (Å²) < 4.78 is 9.17. The normalized spacial score (nSPS) is 19.6. The molecular formula is C28H38N6O2. The number of hydrogen-bond acceptors (Lipinski definition) is 6. The predicted molar refractivity (Wildman–Crippen MR) is 143 cm³/mol. The number of aryl methyl sites for hydroxylation is 1. The molecule has 1 unspecified atom stereocenters. The summed E-state index contributed by atoms with van der Waals surface area (Å²) in [6, 6.07) is 13.2. The molecule has 8 nitrogen and oxygen atoms in total. The maximum absolute atomic E-state index is 12.9. The molecule has 0 N–H and O–H groups in total. The van der Waals surface area contributed by atoms with Crippen LogP contribution in [0.5, 0.6) is 5.75 Å². The summed E-state index contributed by atoms with van der Waals surface area (Å²) in [5, 5.41) is 9.17. The van der Waals surface area contributed by atoms with Crippen LogP contribution in [0.2, 0.25) is 0 Å². The van der Waals surface area contributed by atoms with Gasteiger partial charge in [0.1, 0.15) is 5.75 Å². The fourth-order valence-corrected chi connectivity index (χ4v) is 5.32. The number of fused-ring (bicyclic) bond motifs is 1. The number of anilines is 1. The Balaban J connectivity index is 1.65. The second-order valence-electron chi connectivity index (χ2n) is 10.0. The van der Waals surface area contributed by atoms with Crippen molar-refractivity contribution in [1.82, 2.24) is 19.1 Å². The molecule has 36 heavy (non-hydrogen) atoms. The largest absolute Gasteiger partial charge is 0.491 e. The summed E-state index contributed by atoms with van der Waals surface area (Å²) in [6.45, 7) is 12.5. The van der Waals surface area contributed by atoms with Crippen molar-refractivity contribution in [1.29, 1.82) is 5.26 Å². The van der Waals surface area contributed by atoms with E-state index >= 15 is 0 Å². The minimum atomic E-state index is -0.0826. The van der Waals surface area contributed by atoms with Crippen molar-refractivity contribution in [3.63, 3.8) is 0 Å². The fourth-order valence-electron chi connectivity index (χ4n) is 5.32. The molecule has 4 rings (SSSR count). The maximum Gasteiger partial charge on any atom is 0.267 e. The van der Waals surface area contributed by atoms with Gasteiger partial charge in [-0.05, 0) is 51.3 Å². The fraction of sp³-hybridized carbons (Fsp3) is 0.536. The monoisotopic (exact) mass is 490 g/mol. The highest BCUT2D eigenvalue weighted by Gasteiger charge is 2.36. The molecule has 1 aliphatic rings. The highest BCUT2D eigenvalue weighted by Crippen LogP contribution is 2.33. The lowest BCUT2D eigenvalue weighted by atomic mass is 9.96. The molecular weight excluding hydrogens is 452 g/mol. The molecule has 1 saturated heterocycles. The third-order valence-corrected chi connectivity index (χ3v) is 7.35. The number of imidazole rings is 1. The average Bonchev–Trinajstić information content (AvgIpc) is 3.29. The van der Waals surface area contributed by atoms with E-state index in [1.54, 1.807) is 28.5 Å².